The predicted molar refractivity (Wildman–Crippen MR) is 47.7 cm³/mol. The third-order valence-corrected chi connectivity index (χ3v) is 1.40. The van der Waals surface area contributed by atoms with Crippen LogP contribution in [0.2, 0.25) is 0 Å². The molecule has 0 aromatic carbocycles. The van der Waals surface area contributed by atoms with E-state index in [4.69, 9.17) is 10.8 Å². The predicted octanol–water partition coefficient (Wildman–Crippen LogP) is -0.396. The van der Waals surface area contributed by atoms with Gasteiger partial charge in [0, 0.05) is 13.1 Å². The van der Waals surface area contributed by atoms with Crippen molar-refractivity contribution in [3.05, 3.63) is 0 Å². The Kier molecular flexibility index (Phi) is 5.57. The number of hydrogen-bond donors (Lipinski definition) is 3. The number of rotatable bonds is 5. The Hall–Kier alpha value is -1.51. The van der Waals surface area contributed by atoms with Crippen molar-refractivity contribution in [2.24, 2.45) is 5.73 Å². The molecule has 0 aromatic heterocycles. The number of hydrogen-bond acceptors (Lipinski definition) is 3. The number of nitrogens with two attached hydrogens (primary N) is 1. The maximum absolute atomic E-state index is 12.0. The highest BCUT2D eigenvalue weighted by Crippen LogP contribution is 2.16. The normalized spacial score (nSPS) is 11.0. The molecule has 0 aliphatic carbocycles. The monoisotopic (exact) mass is 243 g/mol. The largest absolute Gasteiger partial charge is 0.480 e. The van der Waals surface area contributed by atoms with Gasteiger partial charge < -0.3 is 21.1 Å². The fraction of sp³-hybridized carbons (Fsp3) is 0.714. The highest BCUT2D eigenvalue weighted by molar-refractivity contribution is 5.80. The van der Waals surface area contributed by atoms with E-state index in [1.165, 1.54) is 0 Å². The molecule has 94 valence electrons. The summed E-state index contributed by atoms with van der Waals surface area (Å²) in [6, 6.07) is -1.11. The SMILES string of the molecule is NCCNC(=O)N(CC(=O)O)CC(F)(F)F. The van der Waals surface area contributed by atoms with Crippen molar-refractivity contribution in [3.63, 3.8) is 0 Å². The average Bonchev–Trinajstić information content (AvgIpc) is 2.10. The van der Waals surface area contributed by atoms with E-state index in [-0.39, 0.29) is 18.0 Å². The molecule has 0 bridgehead atoms. The third-order valence-electron chi connectivity index (χ3n) is 1.40. The standard InChI is InChI=1S/C7H12F3N3O3/c8-7(9,10)4-13(3-5(14)15)6(16)12-2-1-11/h1-4,11H2,(H,12,16)(H,14,15). The number of nitrogens with one attached hydrogen (secondary N) is 1. The number of carbonyl (C=O) groups excluding carboxylic acids is 1. The molecule has 6 nitrogen and oxygen atoms in total. The molecule has 0 aromatic rings. The van der Waals surface area contributed by atoms with Crippen molar-refractivity contribution < 1.29 is 27.9 Å². The van der Waals surface area contributed by atoms with Crippen LogP contribution in [0.4, 0.5) is 18.0 Å². The molecule has 0 fully saturated rings. The van der Waals surface area contributed by atoms with Gasteiger partial charge in [-0.3, -0.25) is 4.79 Å². The van der Waals surface area contributed by atoms with Gasteiger partial charge in [0.2, 0.25) is 0 Å². The second-order valence-electron chi connectivity index (χ2n) is 2.89. The van der Waals surface area contributed by atoms with Gasteiger partial charge in [0.15, 0.2) is 0 Å². The summed E-state index contributed by atoms with van der Waals surface area (Å²) < 4.78 is 36.0. The van der Waals surface area contributed by atoms with Crippen LogP contribution in [0.25, 0.3) is 0 Å². The Morgan fingerprint density at radius 2 is 1.94 bits per heavy atom. The first-order chi connectivity index (χ1) is 7.26. The Labute approximate surface area is 89.2 Å². The lowest BCUT2D eigenvalue weighted by atomic mass is 10.4. The summed E-state index contributed by atoms with van der Waals surface area (Å²) >= 11 is 0. The first-order valence-corrected chi connectivity index (χ1v) is 4.27. The molecule has 0 atom stereocenters. The fourth-order valence-electron chi connectivity index (χ4n) is 0.870. The molecule has 0 heterocycles. The van der Waals surface area contributed by atoms with Crippen molar-refractivity contribution >= 4 is 12.0 Å². The zero-order valence-corrected chi connectivity index (χ0v) is 8.25. The molecule has 16 heavy (non-hydrogen) atoms. The number of halogens is 3. The van der Waals surface area contributed by atoms with E-state index in [0.29, 0.717) is 0 Å². The van der Waals surface area contributed by atoms with Crippen molar-refractivity contribution in [2.45, 2.75) is 6.18 Å². The molecule has 0 radical (unpaired) electrons. The molecule has 0 spiro atoms. The van der Waals surface area contributed by atoms with Crippen LogP contribution in [0.15, 0.2) is 0 Å². The number of alkyl halides is 3. The summed E-state index contributed by atoms with van der Waals surface area (Å²) in [5.41, 5.74) is 5.03. The van der Waals surface area contributed by atoms with Gasteiger partial charge in [0.25, 0.3) is 0 Å². The summed E-state index contributed by atoms with van der Waals surface area (Å²) in [5.74, 6) is -1.52. The van der Waals surface area contributed by atoms with E-state index in [1.807, 2.05) is 0 Å². The molecule has 4 N–H and O–H groups in total. The van der Waals surface area contributed by atoms with Gasteiger partial charge in [0.05, 0.1) is 0 Å². The third kappa shape index (κ3) is 6.87. The molecule has 2 amide bonds. The molecule has 0 saturated carbocycles. The van der Waals surface area contributed by atoms with Crippen LogP contribution in [0.1, 0.15) is 0 Å². The Bertz CT molecular complexity index is 257. The number of carboxylic acids is 1. The number of carbonyl (C=O) groups is 2. The lowest BCUT2D eigenvalue weighted by Crippen LogP contribution is -2.48. The summed E-state index contributed by atoms with van der Waals surface area (Å²) in [7, 11) is 0. The zero-order valence-electron chi connectivity index (χ0n) is 8.25. The Balaban J connectivity index is 4.41. The van der Waals surface area contributed by atoms with Gasteiger partial charge in [0.1, 0.15) is 13.1 Å². The van der Waals surface area contributed by atoms with Crippen molar-refractivity contribution in [3.8, 4) is 0 Å². The minimum Gasteiger partial charge on any atom is -0.480 e. The number of nitrogens with zero attached hydrogens (tertiary/aromatic N) is 1. The van der Waals surface area contributed by atoms with Crippen LogP contribution in [-0.2, 0) is 4.79 Å². The lowest BCUT2D eigenvalue weighted by molar-refractivity contribution is -0.148. The van der Waals surface area contributed by atoms with Crippen molar-refractivity contribution in [2.75, 3.05) is 26.2 Å². The fourth-order valence-corrected chi connectivity index (χ4v) is 0.870. The maximum atomic E-state index is 12.0. The summed E-state index contributed by atoms with van der Waals surface area (Å²) in [6.45, 7) is -2.60. The number of aliphatic carboxylic acids is 1. The quantitative estimate of drug-likeness (QED) is 0.612. The molecule has 0 unspecified atom stereocenters. The van der Waals surface area contributed by atoms with Gasteiger partial charge in [-0.1, -0.05) is 0 Å². The topological polar surface area (TPSA) is 95.7 Å². The molecule has 9 heteroatoms. The summed E-state index contributed by atoms with van der Waals surface area (Å²) in [5, 5.41) is 10.4. The highest BCUT2D eigenvalue weighted by atomic mass is 19.4. The molecule has 0 aliphatic rings. The molecule has 0 aliphatic heterocycles. The average molecular weight is 243 g/mol. The van der Waals surface area contributed by atoms with E-state index in [0.717, 1.165) is 0 Å². The van der Waals surface area contributed by atoms with E-state index in [9.17, 15) is 22.8 Å². The second-order valence-corrected chi connectivity index (χ2v) is 2.89. The minimum absolute atomic E-state index is 0.0210. The first-order valence-electron chi connectivity index (χ1n) is 4.27. The van der Waals surface area contributed by atoms with Gasteiger partial charge >= 0.3 is 18.2 Å². The van der Waals surface area contributed by atoms with Crippen molar-refractivity contribution in [1.29, 1.82) is 0 Å². The first kappa shape index (κ1) is 14.5. The van der Waals surface area contributed by atoms with Gasteiger partial charge in [-0.2, -0.15) is 13.2 Å². The van der Waals surface area contributed by atoms with E-state index in [1.54, 1.807) is 0 Å². The molecular formula is C7H12F3N3O3. The summed E-state index contributed by atoms with van der Waals surface area (Å²) in [4.78, 5) is 21.5. The number of carboxylic acid groups (broad SMARTS) is 1. The van der Waals surface area contributed by atoms with Gasteiger partial charge in [-0.05, 0) is 0 Å². The lowest BCUT2D eigenvalue weighted by Gasteiger charge is -2.22. The molecule has 0 saturated heterocycles. The Morgan fingerprint density at radius 3 is 2.31 bits per heavy atom. The second kappa shape index (κ2) is 6.16. The summed E-state index contributed by atoms with van der Waals surface area (Å²) in [6.07, 6.45) is -4.64. The number of amides is 2. The Morgan fingerprint density at radius 1 is 1.38 bits per heavy atom. The smallest absolute Gasteiger partial charge is 0.406 e. The maximum Gasteiger partial charge on any atom is 0.406 e. The van der Waals surface area contributed by atoms with Crippen molar-refractivity contribution in [1.82, 2.24) is 10.2 Å². The van der Waals surface area contributed by atoms with Crippen LogP contribution in [0, 0.1) is 0 Å². The highest BCUT2D eigenvalue weighted by Gasteiger charge is 2.33. The van der Waals surface area contributed by atoms with E-state index in [2.05, 4.69) is 5.32 Å². The van der Waals surface area contributed by atoms with Crippen LogP contribution in [0.5, 0.6) is 0 Å². The van der Waals surface area contributed by atoms with E-state index < -0.39 is 31.3 Å². The minimum atomic E-state index is -4.64. The van der Waals surface area contributed by atoms with Gasteiger partial charge in [-0.15, -0.1) is 0 Å². The van der Waals surface area contributed by atoms with Crippen LogP contribution >= 0.6 is 0 Å². The number of urea groups is 1. The van der Waals surface area contributed by atoms with Crippen LogP contribution in [0.3, 0.4) is 0 Å². The molecular weight excluding hydrogens is 231 g/mol. The van der Waals surface area contributed by atoms with E-state index >= 15 is 0 Å². The zero-order chi connectivity index (χ0) is 12.8. The van der Waals surface area contributed by atoms with Crippen LogP contribution in [-0.4, -0.2) is 54.4 Å². The van der Waals surface area contributed by atoms with Crippen LogP contribution < -0.4 is 11.1 Å². The van der Waals surface area contributed by atoms with Gasteiger partial charge in [-0.25, -0.2) is 4.79 Å². The molecule has 0 rings (SSSR count).